The number of aryl methyl sites for hydroxylation is 1. The van der Waals surface area contributed by atoms with Crippen LogP contribution in [0.15, 0.2) is 42.0 Å². The van der Waals surface area contributed by atoms with Crippen LogP contribution in [0.3, 0.4) is 0 Å². The van der Waals surface area contributed by atoms with E-state index in [0.29, 0.717) is 5.41 Å². The van der Waals surface area contributed by atoms with E-state index in [1.54, 1.807) is 6.20 Å². The Morgan fingerprint density at radius 2 is 2.11 bits per heavy atom. The lowest BCUT2D eigenvalue weighted by Gasteiger charge is -2.61. The van der Waals surface area contributed by atoms with Gasteiger partial charge in [0.05, 0.1) is 5.41 Å². The van der Waals surface area contributed by atoms with Crippen LogP contribution in [0.5, 0.6) is 0 Å². The Morgan fingerprint density at radius 3 is 2.63 bits per heavy atom. The molecule has 1 aromatic rings. The highest BCUT2D eigenvalue weighted by Gasteiger charge is 2.59. The fourth-order valence-electron chi connectivity index (χ4n) is 3.96. The number of benzene rings is 1. The first kappa shape index (κ1) is 12.5. The van der Waals surface area contributed by atoms with Gasteiger partial charge < -0.3 is 5.73 Å². The van der Waals surface area contributed by atoms with Crippen molar-refractivity contribution < 1.29 is 0 Å². The van der Waals surface area contributed by atoms with Crippen LogP contribution >= 0.6 is 0 Å². The summed E-state index contributed by atoms with van der Waals surface area (Å²) >= 11 is 0. The average molecular weight is 254 g/mol. The number of aliphatic imine (C=N–C) groups is 1. The van der Waals surface area contributed by atoms with Gasteiger partial charge in [-0.2, -0.15) is 0 Å². The van der Waals surface area contributed by atoms with Crippen molar-refractivity contribution in [3.05, 3.63) is 48.2 Å². The molecule has 1 spiro atoms. The van der Waals surface area contributed by atoms with E-state index in [4.69, 9.17) is 5.73 Å². The zero-order valence-electron chi connectivity index (χ0n) is 11.7. The molecule has 0 heterocycles. The van der Waals surface area contributed by atoms with Gasteiger partial charge in [0.1, 0.15) is 5.84 Å². The number of nitrogens with two attached hydrogens (primary N) is 1. The van der Waals surface area contributed by atoms with Crippen molar-refractivity contribution in [1.29, 1.82) is 0 Å². The number of rotatable bonds is 3. The molecular weight excluding hydrogens is 232 g/mol. The third kappa shape index (κ3) is 1.81. The van der Waals surface area contributed by atoms with Gasteiger partial charge in [0.2, 0.25) is 0 Å². The normalized spacial score (nSPS) is 23.5. The van der Waals surface area contributed by atoms with Crippen molar-refractivity contribution in [2.45, 2.75) is 44.4 Å². The van der Waals surface area contributed by atoms with Crippen LogP contribution in [0.4, 0.5) is 0 Å². The van der Waals surface area contributed by atoms with Crippen molar-refractivity contribution in [3.63, 3.8) is 0 Å². The van der Waals surface area contributed by atoms with Crippen molar-refractivity contribution in [1.82, 2.24) is 0 Å². The van der Waals surface area contributed by atoms with E-state index in [1.165, 1.54) is 30.4 Å². The summed E-state index contributed by atoms with van der Waals surface area (Å²) in [6.07, 6.45) is 7.99. The summed E-state index contributed by atoms with van der Waals surface area (Å²) in [5.41, 5.74) is 9.42. The molecule has 0 radical (unpaired) electrons. The minimum atomic E-state index is -0.0410. The van der Waals surface area contributed by atoms with Crippen molar-refractivity contribution >= 4 is 5.84 Å². The number of amidine groups is 1. The van der Waals surface area contributed by atoms with E-state index in [1.807, 2.05) is 0 Å². The van der Waals surface area contributed by atoms with Crippen molar-refractivity contribution in [2.24, 2.45) is 16.1 Å². The second-order valence-electron chi connectivity index (χ2n) is 6.36. The largest absolute Gasteiger partial charge is 0.386 e. The molecule has 2 N–H and O–H groups in total. The van der Waals surface area contributed by atoms with E-state index in [-0.39, 0.29) is 5.41 Å². The molecule has 2 saturated carbocycles. The Kier molecular flexibility index (Phi) is 2.77. The standard InChI is InChI=1S/C17H22N2/c1-3-19-15(18)17(11-16(12-17)8-5-9-16)14-7-4-6-13(2)10-14/h3-4,6-7,10H,1,5,8-9,11-12H2,2H3,(H2,18,19). The number of hydrogen-bond acceptors (Lipinski definition) is 1. The van der Waals surface area contributed by atoms with Gasteiger partial charge in [-0.05, 0) is 43.6 Å². The molecule has 2 aliphatic carbocycles. The lowest BCUT2D eigenvalue weighted by Crippen LogP contribution is -2.59. The molecule has 2 fully saturated rings. The van der Waals surface area contributed by atoms with Gasteiger partial charge in [-0.15, -0.1) is 0 Å². The maximum Gasteiger partial charge on any atom is 0.110 e. The minimum Gasteiger partial charge on any atom is -0.386 e. The Hall–Kier alpha value is -1.57. The molecule has 1 aromatic carbocycles. The maximum absolute atomic E-state index is 6.29. The summed E-state index contributed by atoms with van der Waals surface area (Å²) in [4.78, 5) is 4.31. The molecule has 0 aromatic heterocycles. The monoisotopic (exact) mass is 254 g/mol. The SMILES string of the molecule is C=CN=C(N)C1(c2cccc(C)c2)CC2(CCC2)C1. The lowest BCUT2D eigenvalue weighted by molar-refractivity contribution is -0.0176. The zero-order valence-corrected chi connectivity index (χ0v) is 11.7. The third-order valence-corrected chi connectivity index (χ3v) is 5.06. The Balaban J connectivity index is 1.98. The van der Waals surface area contributed by atoms with Gasteiger partial charge in [0, 0.05) is 6.20 Å². The molecule has 19 heavy (non-hydrogen) atoms. The number of nitrogens with zero attached hydrogens (tertiary/aromatic N) is 1. The van der Waals surface area contributed by atoms with Crippen molar-refractivity contribution in [3.8, 4) is 0 Å². The molecule has 0 atom stereocenters. The van der Waals surface area contributed by atoms with Crippen LogP contribution in [0, 0.1) is 12.3 Å². The summed E-state index contributed by atoms with van der Waals surface area (Å²) in [6.45, 7) is 5.82. The molecule has 0 saturated heterocycles. The quantitative estimate of drug-likeness (QED) is 0.648. The molecule has 0 amide bonds. The third-order valence-electron chi connectivity index (χ3n) is 5.06. The highest BCUT2D eigenvalue weighted by atomic mass is 14.9. The van der Waals surface area contributed by atoms with Crippen LogP contribution in [0.1, 0.15) is 43.2 Å². The topological polar surface area (TPSA) is 38.4 Å². The van der Waals surface area contributed by atoms with E-state index >= 15 is 0 Å². The number of hydrogen-bond donors (Lipinski definition) is 1. The minimum absolute atomic E-state index is 0.0410. The molecule has 2 heteroatoms. The molecule has 0 bridgehead atoms. The van der Waals surface area contributed by atoms with Crippen molar-refractivity contribution in [2.75, 3.05) is 0 Å². The molecular formula is C17H22N2. The Labute approximate surface area is 115 Å². The predicted octanol–water partition coefficient (Wildman–Crippen LogP) is 3.70. The molecule has 2 aliphatic rings. The van der Waals surface area contributed by atoms with E-state index in [2.05, 4.69) is 42.8 Å². The van der Waals surface area contributed by atoms with Gasteiger partial charge in [0.15, 0.2) is 0 Å². The molecule has 0 unspecified atom stereocenters. The van der Waals surface area contributed by atoms with Crippen LogP contribution in [-0.4, -0.2) is 5.84 Å². The summed E-state index contributed by atoms with van der Waals surface area (Å²) in [5, 5.41) is 0. The van der Waals surface area contributed by atoms with Crippen LogP contribution in [-0.2, 0) is 5.41 Å². The summed E-state index contributed by atoms with van der Waals surface area (Å²) < 4.78 is 0. The van der Waals surface area contributed by atoms with Gasteiger partial charge in [-0.1, -0.05) is 42.8 Å². The predicted molar refractivity (Wildman–Crippen MR) is 80.2 cm³/mol. The van der Waals surface area contributed by atoms with Crippen LogP contribution in [0.25, 0.3) is 0 Å². The Bertz CT molecular complexity index is 530. The summed E-state index contributed by atoms with van der Waals surface area (Å²) in [5.74, 6) is 0.741. The first-order valence-electron chi connectivity index (χ1n) is 7.12. The summed E-state index contributed by atoms with van der Waals surface area (Å²) in [6, 6.07) is 8.72. The van der Waals surface area contributed by atoms with E-state index in [9.17, 15) is 0 Å². The van der Waals surface area contributed by atoms with E-state index in [0.717, 1.165) is 18.7 Å². The fourth-order valence-corrected chi connectivity index (χ4v) is 3.96. The highest BCUT2D eigenvalue weighted by Crippen LogP contribution is 2.65. The van der Waals surface area contributed by atoms with E-state index < -0.39 is 0 Å². The molecule has 2 nitrogen and oxygen atoms in total. The molecule has 100 valence electrons. The first-order chi connectivity index (χ1) is 9.10. The zero-order chi connectivity index (χ0) is 13.5. The molecule has 0 aliphatic heterocycles. The van der Waals surface area contributed by atoms with Crippen LogP contribution in [0.2, 0.25) is 0 Å². The fraction of sp³-hybridized carbons (Fsp3) is 0.471. The summed E-state index contributed by atoms with van der Waals surface area (Å²) in [7, 11) is 0. The second kappa shape index (κ2) is 4.22. The molecule has 3 rings (SSSR count). The average Bonchev–Trinajstić information content (AvgIpc) is 2.26. The second-order valence-corrected chi connectivity index (χ2v) is 6.36. The highest BCUT2D eigenvalue weighted by molar-refractivity contribution is 5.93. The van der Waals surface area contributed by atoms with Gasteiger partial charge in [-0.25, -0.2) is 4.99 Å². The van der Waals surface area contributed by atoms with Gasteiger partial charge >= 0.3 is 0 Å². The maximum atomic E-state index is 6.29. The van der Waals surface area contributed by atoms with Gasteiger partial charge in [-0.3, -0.25) is 0 Å². The van der Waals surface area contributed by atoms with Crippen LogP contribution < -0.4 is 5.73 Å². The lowest BCUT2D eigenvalue weighted by atomic mass is 9.43. The van der Waals surface area contributed by atoms with Gasteiger partial charge in [0.25, 0.3) is 0 Å². The first-order valence-corrected chi connectivity index (χ1v) is 7.12. The smallest absolute Gasteiger partial charge is 0.110 e. The Morgan fingerprint density at radius 1 is 1.37 bits per heavy atom.